The van der Waals surface area contributed by atoms with Crippen molar-refractivity contribution in [2.75, 3.05) is 19.7 Å². The van der Waals surface area contributed by atoms with Gasteiger partial charge in [0.1, 0.15) is 12.1 Å². The fourth-order valence-corrected chi connectivity index (χ4v) is 6.06. The molecule has 2 amide bonds. The van der Waals surface area contributed by atoms with Crippen LogP contribution in [-0.4, -0.2) is 53.2 Å². The lowest BCUT2D eigenvalue weighted by atomic mass is 9.80. The maximum Gasteiger partial charge on any atom is 0.408 e. The number of carbonyl (C=O) groups excluding carboxylic acids is 2. The van der Waals surface area contributed by atoms with Gasteiger partial charge in [0.15, 0.2) is 0 Å². The number of amides is 2. The highest BCUT2D eigenvalue weighted by Crippen LogP contribution is 2.44. The SMILES string of the molecule is NCCN(Cc1ccc(C(=O)O)cc1)C(=O)C1(NC(=O)OCC2c3ccccc3-c3ccccc32)CCCCC1. The number of nitrogens with zero attached hydrogens (tertiary/aromatic N) is 1. The number of carboxylic acid groups (broad SMARTS) is 1. The van der Waals surface area contributed by atoms with Gasteiger partial charge in [-0.2, -0.15) is 0 Å². The number of aromatic carboxylic acids is 1. The predicted molar refractivity (Wildman–Crippen MR) is 152 cm³/mol. The number of hydrogen-bond donors (Lipinski definition) is 3. The predicted octanol–water partition coefficient (Wildman–Crippen LogP) is 4.91. The lowest BCUT2D eigenvalue weighted by molar-refractivity contribution is -0.140. The lowest BCUT2D eigenvalue weighted by Crippen LogP contribution is -2.61. The molecule has 1 saturated carbocycles. The molecular formula is C32H35N3O5. The maximum absolute atomic E-state index is 14.0. The average Bonchev–Trinajstić information content (AvgIpc) is 3.30. The van der Waals surface area contributed by atoms with Gasteiger partial charge in [-0.25, -0.2) is 9.59 Å². The van der Waals surface area contributed by atoms with Crippen LogP contribution in [0.3, 0.4) is 0 Å². The van der Waals surface area contributed by atoms with E-state index in [2.05, 4.69) is 29.6 Å². The Morgan fingerprint density at radius 2 is 1.50 bits per heavy atom. The van der Waals surface area contributed by atoms with Gasteiger partial charge >= 0.3 is 12.1 Å². The number of nitrogens with one attached hydrogen (secondary N) is 1. The van der Waals surface area contributed by atoms with Crippen LogP contribution >= 0.6 is 0 Å². The van der Waals surface area contributed by atoms with E-state index in [1.165, 1.54) is 12.1 Å². The Balaban J connectivity index is 1.31. The second kappa shape index (κ2) is 11.9. The average molecular weight is 542 g/mol. The second-order valence-electron chi connectivity index (χ2n) is 10.6. The van der Waals surface area contributed by atoms with Crippen molar-refractivity contribution in [1.82, 2.24) is 10.2 Å². The van der Waals surface area contributed by atoms with Crippen molar-refractivity contribution in [3.8, 4) is 11.1 Å². The van der Waals surface area contributed by atoms with Crippen LogP contribution in [0.4, 0.5) is 4.79 Å². The normalized spacial score (nSPS) is 15.5. The van der Waals surface area contributed by atoms with E-state index in [0.717, 1.165) is 47.1 Å². The van der Waals surface area contributed by atoms with Crippen LogP contribution in [0.5, 0.6) is 0 Å². The van der Waals surface area contributed by atoms with Gasteiger partial charge in [0, 0.05) is 25.6 Å². The molecule has 8 nitrogen and oxygen atoms in total. The molecule has 2 aliphatic rings. The molecule has 0 aromatic heterocycles. The highest BCUT2D eigenvalue weighted by Gasteiger charge is 2.44. The Labute approximate surface area is 234 Å². The lowest BCUT2D eigenvalue weighted by Gasteiger charge is -2.40. The van der Waals surface area contributed by atoms with Crippen LogP contribution in [-0.2, 0) is 16.1 Å². The number of rotatable bonds is 9. The van der Waals surface area contributed by atoms with Crippen molar-refractivity contribution in [1.29, 1.82) is 0 Å². The Morgan fingerprint density at radius 1 is 0.900 bits per heavy atom. The van der Waals surface area contributed by atoms with E-state index in [0.29, 0.717) is 19.4 Å². The number of fused-ring (bicyclic) bond motifs is 3. The number of ether oxygens (including phenoxy) is 1. The molecule has 40 heavy (non-hydrogen) atoms. The first-order chi connectivity index (χ1) is 19.4. The highest BCUT2D eigenvalue weighted by atomic mass is 16.5. The Morgan fingerprint density at radius 3 is 2.08 bits per heavy atom. The Bertz CT molecular complexity index is 1340. The summed E-state index contributed by atoms with van der Waals surface area (Å²) in [4.78, 5) is 40.2. The summed E-state index contributed by atoms with van der Waals surface area (Å²) in [7, 11) is 0. The maximum atomic E-state index is 14.0. The van der Waals surface area contributed by atoms with Gasteiger partial charge in [0.25, 0.3) is 0 Å². The summed E-state index contributed by atoms with van der Waals surface area (Å²) in [5.74, 6) is -1.26. The molecule has 0 atom stereocenters. The van der Waals surface area contributed by atoms with Crippen molar-refractivity contribution < 1.29 is 24.2 Å². The van der Waals surface area contributed by atoms with Gasteiger partial charge in [-0.3, -0.25) is 4.79 Å². The molecule has 0 radical (unpaired) electrons. The standard InChI is InChI=1S/C32H35N3O5/c33-18-19-35(20-22-12-14-23(15-13-22)29(36)37)30(38)32(16-6-1-7-17-32)34-31(39)40-21-28-26-10-4-2-8-24(26)25-9-3-5-11-27(25)28/h2-5,8-15,28H,1,6-7,16-21,33H2,(H,34,39)(H,36,37). The van der Waals surface area contributed by atoms with Crippen LogP contribution in [0.25, 0.3) is 11.1 Å². The Hall–Kier alpha value is -4.17. The van der Waals surface area contributed by atoms with Crippen LogP contribution < -0.4 is 11.1 Å². The zero-order valence-electron chi connectivity index (χ0n) is 22.5. The topological polar surface area (TPSA) is 122 Å². The third-order valence-corrected chi connectivity index (χ3v) is 8.06. The number of nitrogens with two attached hydrogens (primary N) is 1. The van der Waals surface area contributed by atoms with Crippen molar-refractivity contribution in [3.63, 3.8) is 0 Å². The van der Waals surface area contributed by atoms with Gasteiger partial charge < -0.3 is 25.8 Å². The van der Waals surface area contributed by atoms with Gasteiger partial charge in [-0.05, 0) is 52.8 Å². The minimum absolute atomic E-state index is 0.0707. The smallest absolute Gasteiger partial charge is 0.408 e. The van der Waals surface area contributed by atoms with Crippen molar-refractivity contribution in [2.45, 2.75) is 50.1 Å². The summed E-state index contributed by atoms with van der Waals surface area (Å²) in [5.41, 5.74) is 10.3. The van der Waals surface area contributed by atoms with E-state index in [4.69, 9.17) is 10.5 Å². The zero-order valence-corrected chi connectivity index (χ0v) is 22.5. The van der Waals surface area contributed by atoms with E-state index >= 15 is 0 Å². The minimum Gasteiger partial charge on any atom is -0.478 e. The minimum atomic E-state index is -1.07. The zero-order chi connectivity index (χ0) is 28.1. The third-order valence-electron chi connectivity index (χ3n) is 8.06. The summed E-state index contributed by atoms with van der Waals surface area (Å²) in [6.07, 6.45) is 3.08. The van der Waals surface area contributed by atoms with E-state index in [1.54, 1.807) is 17.0 Å². The van der Waals surface area contributed by atoms with Crippen molar-refractivity contribution in [3.05, 3.63) is 95.1 Å². The van der Waals surface area contributed by atoms with Gasteiger partial charge in [-0.15, -0.1) is 0 Å². The first kappa shape index (κ1) is 27.4. The fourth-order valence-electron chi connectivity index (χ4n) is 6.06. The molecule has 0 aliphatic heterocycles. The summed E-state index contributed by atoms with van der Waals surface area (Å²) >= 11 is 0. The van der Waals surface area contributed by atoms with Crippen molar-refractivity contribution >= 4 is 18.0 Å². The molecule has 3 aromatic carbocycles. The largest absolute Gasteiger partial charge is 0.478 e. The number of carbonyl (C=O) groups is 3. The monoisotopic (exact) mass is 541 g/mol. The quantitative estimate of drug-likeness (QED) is 0.354. The van der Waals surface area contributed by atoms with Crippen LogP contribution in [0.1, 0.15) is 65.1 Å². The molecule has 1 fully saturated rings. The van der Waals surface area contributed by atoms with Gasteiger partial charge in [-0.1, -0.05) is 79.9 Å². The highest BCUT2D eigenvalue weighted by molar-refractivity contribution is 5.90. The summed E-state index contributed by atoms with van der Waals surface area (Å²) in [6.45, 7) is 1.02. The number of alkyl carbamates (subject to hydrolysis) is 1. The van der Waals surface area contributed by atoms with E-state index in [-0.39, 0.29) is 37.1 Å². The summed E-state index contributed by atoms with van der Waals surface area (Å²) in [6, 6.07) is 22.8. The third kappa shape index (κ3) is 5.58. The molecule has 0 bridgehead atoms. The van der Waals surface area contributed by atoms with Crippen LogP contribution in [0.2, 0.25) is 0 Å². The molecule has 8 heteroatoms. The van der Waals surface area contributed by atoms with Crippen LogP contribution in [0.15, 0.2) is 72.8 Å². The molecule has 0 heterocycles. The first-order valence-electron chi connectivity index (χ1n) is 13.9. The molecule has 3 aromatic rings. The van der Waals surface area contributed by atoms with E-state index < -0.39 is 17.6 Å². The molecule has 208 valence electrons. The number of benzene rings is 3. The molecule has 0 unspecified atom stereocenters. The summed E-state index contributed by atoms with van der Waals surface area (Å²) < 4.78 is 5.81. The fraction of sp³-hybridized carbons (Fsp3) is 0.344. The van der Waals surface area contributed by atoms with Crippen molar-refractivity contribution in [2.24, 2.45) is 5.73 Å². The van der Waals surface area contributed by atoms with E-state index in [9.17, 15) is 19.5 Å². The molecule has 5 rings (SSSR count). The number of carboxylic acids is 1. The Kier molecular flexibility index (Phi) is 8.16. The van der Waals surface area contributed by atoms with Gasteiger partial charge in [0.05, 0.1) is 5.56 Å². The van der Waals surface area contributed by atoms with E-state index in [1.807, 2.05) is 24.3 Å². The second-order valence-corrected chi connectivity index (χ2v) is 10.6. The molecular weight excluding hydrogens is 506 g/mol. The van der Waals surface area contributed by atoms with Crippen LogP contribution in [0, 0.1) is 0 Å². The first-order valence-corrected chi connectivity index (χ1v) is 13.9. The summed E-state index contributed by atoms with van der Waals surface area (Å²) in [5, 5.41) is 12.2. The van der Waals surface area contributed by atoms with Gasteiger partial charge in [0.2, 0.25) is 5.91 Å². The molecule has 4 N–H and O–H groups in total. The molecule has 0 spiro atoms. The molecule has 0 saturated heterocycles. The molecule has 2 aliphatic carbocycles. The number of hydrogen-bond acceptors (Lipinski definition) is 5.